The van der Waals surface area contributed by atoms with Crippen molar-refractivity contribution in [1.82, 2.24) is 10.3 Å². The van der Waals surface area contributed by atoms with Crippen LogP contribution in [0.15, 0.2) is 0 Å². The molecule has 1 N–H and O–H groups in total. The molecule has 0 amide bonds. The molecular formula is C17H29N3S. The van der Waals surface area contributed by atoms with Crippen molar-refractivity contribution in [2.24, 2.45) is 11.3 Å². The van der Waals surface area contributed by atoms with Crippen LogP contribution in [0.3, 0.4) is 0 Å². The van der Waals surface area contributed by atoms with E-state index < -0.39 is 0 Å². The highest BCUT2D eigenvalue weighted by molar-refractivity contribution is 7.15. The summed E-state index contributed by atoms with van der Waals surface area (Å²) in [5, 5.41) is 4.94. The number of piperidine rings is 1. The predicted molar refractivity (Wildman–Crippen MR) is 91.2 cm³/mol. The van der Waals surface area contributed by atoms with Gasteiger partial charge in [0.1, 0.15) is 0 Å². The lowest BCUT2D eigenvalue weighted by Gasteiger charge is -2.34. The van der Waals surface area contributed by atoms with E-state index in [1.165, 1.54) is 48.1 Å². The Labute approximate surface area is 133 Å². The van der Waals surface area contributed by atoms with Crippen LogP contribution in [0.1, 0.15) is 63.6 Å². The van der Waals surface area contributed by atoms with E-state index in [-0.39, 0.29) is 0 Å². The van der Waals surface area contributed by atoms with Crippen LogP contribution in [0.4, 0.5) is 5.13 Å². The molecule has 0 saturated carbocycles. The molecule has 2 heterocycles. The number of thiazole rings is 1. The molecule has 0 radical (unpaired) electrons. The molecule has 3 rings (SSSR count). The molecule has 4 heteroatoms. The first kappa shape index (κ1) is 15.3. The average Bonchev–Trinajstić information content (AvgIpc) is 2.81. The molecule has 1 fully saturated rings. The summed E-state index contributed by atoms with van der Waals surface area (Å²) < 4.78 is 0. The van der Waals surface area contributed by atoms with Crippen LogP contribution in [0.25, 0.3) is 0 Å². The number of hydrogen-bond acceptors (Lipinski definition) is 4. The van der Waals surface area contributed by atoms with Crippen molar-refractivity contribution < 1.29 is 0 Å². The largest absolute Gasteiger partial charge is 0.348 e. The van der Waals surface area contributed by atoms with E-state index in [0.717, 1.165) is 18.9 Å². The maximum Gasteiger partial charge on any atom is 0.185 e. The lowest BCUT2D eigenvalue weighted by atomic mass is 9.76. The zero-order valence-corrected chi connectivity index (χ0v) is 14.7. The quantitative estimate of drug-likeness (QED) is 0.915. The van der Waals surface area contributed by atoms with E-state index in [1.54, 1.807) is 0 Å². The molecule has 0 aromatic carbocycles. The third kappa shape index (κ3) is 3.26. The average molecular weight is 308 g/mol. The van der Waals surface area contributed by atoms with Gasteiger partial charge in [0.05, 0.1) is 5.69 Å². The fourth-order valence-electron chi connectivity index (χ4n) is 3.83. The van der Waals surface area contributed by atoms with Gasteiger partial charge in [0.15, 0.2) is 5.13 Å². The Kier molecular flexibility index (Phi) is 4.28. The maximum absolute atomic E-state index is 5.04. The Balaban J connectivity index is 1.86. The van der Waals surface area contributed by atoms with Crippen molar-refractivity contribution in [3.63, 3.8) is 0 Å². The van der Waals surface area contributed by atoms with Crippen LogP contribution in [-0.4, -0.2) is 24.6 Å². The van der Waals surface area contributed by atoms with Crippen molar-refractivity contribution >= 4 is 16.5 Å². The fourth-order valence-corrected chi connectivity index (χ4v) is 5.02. The van der Waals surface area contributed by atoms with E-state index >= 15 is 0 Å². The zero-order valence-electron chi connectivity index (χ0n) is 13.9. The fraction of sp³-hybridized carbons (Fsp3) is 0.824. The summed E-state index contributed by atoms with van der Waals surface area (Å²) >= 11 is 1.94. The minimum absolute atomic E-state index is 0.361. The van der Waals surface area contributed by atoms with Crippen LogP contribution < -0.4 is 10.2 Å². The van der Waals surface area contributed by atoms with Crippen molar-refractivity contribution in [2.45, 2.75) is 59.4 Å². The zero-order chi connectivity index (χ0) is 15.0. The molecule has 0 bridgehead atoms. The maximum atomic E-state index is 5.04. The smallest absolute Gasteiger partial charge is 0.185 e. The lowest BCUT2D eigenvalue weighted by molar-refractivity contribution is 0.260. The van der Waals surface area contributed by atoms with Crippen molar-refractivity contribution in [3.8, 4) is 0 Å². The second kappa shape index (κ2) is 5.88. The van der Waals surface area contributed by atoms with E-state index in [9.17, 15) is 0 Å². The number of nitrogens with one attached hydrogen (secondary N) is 1. The van der Waals surface area contributed by atoms with Crippen LogP contribution in [0, 0.1) is 11.3 Å². The summed E-state index contributed by atoms with van der Waals surface area (Å²) in [6.07, 6.45) is 5.04. The van der Waals surface area contributed by atoms with Gasteiger partial charge in [0.25, 0.3) is 0 Å². The first-order valence-corrected chi connectivity index (χ1v) is 9.28. The number of hydrogen-bond donors (Lipinski definition) is 1. The topological polar surface area (TPSA) is 28.2 Å². The summed E-state index contributed by atoms with van der Waals surface area (Å²) in [6, 6.07) is 0.502. The van der Waals surface area contributed by atoms with Gasteiger partial charge in [-0.3, -0.25) is 0 Å². The first-order valence-electron chi connectivity index (χ1n) is 8.46. The Hall–Kier alpha value is -0.610. The van der Waals surface area contributed by atoms with Gasteiger partial charge in [-0.15, -0.1) is 0 Å². The van der Waals surface area contributed by atoms with Gasteiger partial charge >= 0.3 is 0 Å². The van der Waals surface area contributed by atoms with Crippen molar-refractivity contribution in [2.75, 3.05) is 24.5 Å². The monoisotopic (exact) mass is 307 g/mol. The molecule has 1 aromatic heterocycles. The van der Waals surface area contributed by atoms with Gasteiger partial charge < -0.3 is 10.2 Å². The van der Waals surface area contributed by atoms with Crippen LogP contribution in [0.5, 0.6) is 0 Å². The molecular weight excluding hydrogens is 278 g/mol. The number of anilines is 1. The van der Waals surface area contributed by atoms with E-state index in [1.807, 2.05) is 11.3 Å². The molecule has 2 aliphatic rings. The van der Waals surface area contributed by atoms with Crippen molar-refractivity contribution in [3.05, 3.63) is 10.6 Å². The standard InChI is InChI=1S/C17H29N3S/c1-5-18-13-9-17(3,4)10-14-15(13)21-16(19-14)20-8-6-7-12(2)11-20/h12-13,18H,5-11H2,1-4H3. The second-order valence-corrected chi connectivity index (χ2v) is 8.67. The van der Waals surface area contributed by atoms with E-state index in [4.69, 9.17) is 4.98 Å². The predicted octanol–water partition coefficient (Wildman–Crippen LogP) is 4.00. The van der Waals surface area contributed by atoms with Gasteiger partial charge in [0, 0.05) is 24.0 Å². The Morgan fingerprint density at radius 2 is 2.24 bits per heavy atom. The minimum Gasteiger partial charge on any atom is -0.348 e. The highest BCUT2D eigenvalue weighted by Crippen LogP contribution is 2.45. The minimum atomic E-state index is 0.361. The molecule has 118 valence electrons. The molecule has 1 aromatic rings. The number of fused-ring (bicyclic) bond motifs is 1. The summed E-state index contributed by atoms with van der Waals surface area (Å²) in [7, 11) is 0. The van der Waals surface area contributed by atoms with Gasteiger partial charge in [-0.25, -0.2) is 4.98 Å². The van der Waals surface area contributed by atoms with Crippen LogP contribution >= 0.6 is 11.3 Å². The normalized spacial score (nSPS) is 28.5. The van der Waals surface area contributed by atoms with Crippen LogP contribution in [0.2, 0.25) is 0 Å². The molecule has 1 aliphatic carbocycles. The third-order valence-electron chi connectivity index (χ3n) is 4.81. The number of aromatic nitrogens is 1. The van der Waals surface area contributed by atoms with Crippen molar-refractivity contribution in [1.29, 1.82) is 0 Å². The Morgan fingerprint density at radius 1 is 1.43 bits per heavy atom. The summed E-state index contributed by atoms with van der Waals surface area (Å²) in [5.41, 5.74) is 1.72. The molecule has 0 spiro atoms. The third-order valence-corrected chi connectivity index (χ3v) is 6.09. The summed E-state index contributed by atoms with van der Waals surface area (Å²) in [4.78, 5) is 9.07. The highest BCUT2D eigenvalue weighted by atomic mass is 32.1. The van der Waals surface area contributed by atoms with E-state index in [2.05, 4.69) is 37.9 Å². The van der Waals surface area contributed by atoms with Gasteiger partial charge in [-0.05, 0) is 43.6 Å². The number of nitrogens with zero attached hydrogens (tertiary/aromatic N) is 2. The second-order valence-electron chi connectivity index (χ2n) is 7.66. The molecule has 1 aliphatic heterocycles. The lowest BCUT2D eigenvalue weighted by Crippen LogP contribution is -2.34. The van der Waals surface area contributed by atoms with Gasteiger partial charge in [-0.2, -0.15) is 0 Å². The molecule has 1 saturated heterocycles. The summed E-state index contributed by atoms with van der Waals surface area (Å²) in [6.45, 7) is 12.7. The molecule has 21 heavy (non-hydrogen) atoms. The van der Waals surface area contributed by atoms with Gasteiger partial charge in [0.2, 0.25) is 0 Å². The van der Waals surface area contributed by atoms with E-state index in [0.29, 0.717) is 11.5 Å². The number of rotatable bonds is 3. The molecule has 3 nitrogen and oxygen atoms in total. The molecule has 2 unspecified atom stereocenters. The SMILES string of the molecule is CCNC1CC(C)(C)Cc2nc(N3CCCC(C)C3)sc21. The highest BCUT2D eigenvalue weighted by Gasteiger charge is 2.35. The Bertz CT molecular complexity index is 494. The van der Waals surface area contributed by atoms with Crippen LogP contribution in [-0.2, 0) is 6.42 Å². The molecule has 2 atom stereocenters. The summed E-state index contributed by atoms with van der Waals surface area (Å²) in [5.74, 6) is 0.806. The van der Waals surface area contributed by atoms with Gasteiger partial charge in [-0.1, -0.05) is 39.0 Å². The first-order chi connectivity index (χ1) is 9.98. The Morgan fingerprint density at radius 3 is 2.95 bits per heavy atom.